The summed E-state index contributed by atoms with van der Waals surface area (Å²) in [5.74, 6) is 1.93. The largest absolute Gasteiger partial charge is 0.208 e. The molecule has 0 saturated carbocycles. The van der Waals surface area contributed by atoms with Gasteiger partial charge in [-0.15, -0.1) is 0 Å². The molecule has 0 aliphatic rings. The Balaban J connectivity index is 1.89. The van der Waals surface area contributed by atoms with Gasteiger partial charge in [0.15, 0.2) is 17.5 Å². The second kappa shape index (κ2) is 7.51. The van der Waals surface area contributed by atoms with E-state index in [1.807, 2.05) is 78.9 Å². The molecule has 3 aromatic carbocycles. The van der Waals surface area contributed by atoms with Gasteiger partial charge in [0, 0.05) is 25.3 Å². The van der Waals surface area contributed by atoms with Crippen LogP contribution in [0.3, 0.4) is 0 Å². The van der Waals surface area contributed by atoms with E-state index in [2.05, 4.69) is 27.6 Å². The third kappa shape index (κ3) is 3.76. The maximum absolute atomic E-state index is 6.01. The summed E-state index contributed by atoms with van der Waals surface area (Å²) in [6.07, 6.45) is 0. The zero-order valence-corrected chi connectivity index (χ0v) is 16.5. The van der Waals surface area contributed by atoms with E-state index in [0.717, 1.165) is 16.7 Å². The van der Waals surface area contributed by atoms with Gasteiger partial charge in [0.2, 0.25) is 0 Å². The van der Waals surface area contributed by atoms with Crippen LogP contribution in [0.25, 0.3) is 34.2 Å². The quantitative estimate of drug-likeness (QED) is 0.339. The molecule has 0 aliphatic heterocycles. The van der Waals surface area contributed by atoms with Crippen LogP contribution < -0.4 is 0 Å². The van der Waals surface area contributed by atoms with Crippen LogP contribution in [-0.4, -0.2) is 15.0 Å². The van der Waals surface area contributed by atoms with Crippen LogP contribution in [0, 0.1) is 3.57 Å². The van der Waals surface area contributed by atoms with Gasteiger partial charge in [0.1, 0.15) is 0 Å². The Kier molecular flexibility index (Phi) is 4.95. The van der Waals surface area contributed by atoms with Crippen molar-refractivity contribution in [1.29, 1.82) is 0 Å². The van der Waals surface area contributed by atoms with Gasteiger partial charge in [-0.05, 0) is 59.0 Å². The van der Waals surface area contributed by atoms with Crippen molar-refractivity contribution in [3.63, 3.8) is 0 Å². The fraction of sp³-hybridized carbons (Fsp3) is 0. The lowest BCUT2D eigenvalue weighted by molar-refractivity contribution is 1.07. The van der Waals surface area contributed by atoms with E-state index in [1.54, 1.807) is 0 Å². The van der Waals surface area contributed by atoms with Gasteiger partial charge in [-0.1, -0.05) is 54.1 Å². The van der Waals surface area contributed by atoms with E-state index < -0.39 is 0 Å². The Morgan fingerprint density at radius 3 is 1.46 bits per heavy atom. The molecule has 3 nitrogen and oxygen atoms in total. The van der Waals surface area contributed by atoms with Crippen LogP contribution in [0.2, 0.25) is 5.02 Å². The molecule has 1 aromatic heterocycles. The van der Waals surface area contributed by atoms with Crippen molar-refractivity contribution in [1.82, 2.24) is 15.0 Å². The molecule has 126 valence electrons. The van der Waals surface area contributed by atoms with Crippen LogP contribution in [0.1, 0.15) is 0 Å². The molecule has 0 radical (unpaired) electrons. The van der Waals surface area contributed by atoms with Crippen LogP contribution in [-0.2, 0) is 0 Å². The summed E-state index contributed by atoms with van der Waals surface area (Å²) in [5, 5.41) is 0.684. The second-order valence-corrected chi connectivity index (χ2v) is 7.37. The first kappa shape index (κ1) is 17.1. The topological polar surface area (TPSA) is 38.7 Å². The molecular formula is C21H13ClIN3. The summed E-state index contributed by atoms with van der Waals surface area (Å²) in [5.41, 5.74) is 2.82. The van der Waals surface area contributed by atoms with Gasteiger partial charge in [-0.3, -0.25) is 0 Å². The molecule has 0 atom stereocenters. The van der Waals surface area contributed by atoms with E-state index in [-0.39, 0.29) is 0 Å². The van der Waals surface area contributed by atoms with Crippen molar-refractivity contribution >= 4 is 34.2 Å². The van der Waals surface area contributed by atoms with Gasteiger partial charge in [0.25, 0.3) is 0 Å². The molecular weight excluding hydrogens is 457 g/mol. The van der Waals surface area contributed by atoms with Gasteiger partial charge < -0.3 is 0 Å². The van der Waals surface area contributed by atoms with Crippen molar-refractivity contribution in [3.8, 4) is 34.2 Å². The van der Waals surface area contributed by atoms with E-state index in [0.29, 0.717) is 22.5 Å². The van der Waals surface area contributed by atoms with Crippen LogP contribution >= 0.6 is 34.2 Å². The Morgan fingerprint density at radius 1 is 0.538 bits per heavy atom. The molecule has 5 heteroatoms. The van der Waals surface area contributed by atoms with E-state index >= 15 is 0 Å². The first-order chi connectivity index (χ1) is 12.7. The number of hydrogen-bond donors (Lipinski definition) is 0. The summed E-state index contributed by atoms with van der Waals surface area (Å²) < 4.78 is 1.17. The summed E-state index contributed by atoms with van der Waals surface area (Å²) in [7, 11) is 0. The molecule has 0 aliphatic carbocycles. The lowest BCUT2D eigenvalue weighted by atomic mass is 10.1. The molecule has 0 saturated heterocycles. The minimum Gasteiger partial charge on any atom is -0.208 e. The molecule has 1 heterocycles. The summed E-state index contributed by atoms with van der Waals surface area (Å²) in [4.78, 5) is 14.1. The standard InChI is InChI=1S/C21H13ClIN3/c22-17-10-6-15(7-11-17)20-24-19(14-4-2-1-3-5-14)25-21(26-20)16-8-12-18(23)13-9-16/h1-13H. The fourth-order valence-corrected chi connectivity index (χ4v) is 3.03. The Morgan fingerprint density at radius 2 is 0.962 bits per heavy atom. The zero-order valence-electron chi connectivity index (χ0n) is 13.6. The van der Waals surface area contributed by atoms with E-state index in [4.69, 9.17) is 21.6 Å². The van der Waals surface area contributed by atoms with Crippen LogP contribution in [0.15, 0.2) is 78.9 Å². The SMILES string of the molecule is Clc1ccc(-c2nc(-c3ccccc3)nc(-c3ccc(I)cc3)n2)cc1. The minimum absolute atomic E-state index is 0.629. The van der Waals surface area contributed by atoms with Crippen molar-refractivity contribution in [2.45, 2.75) is 0 Å². The molecule has 0 fully saturated rings. The first-order valence-corrected chi connectivity index (χ1v) is 9.48. The highest BCUT2D eigenvalue weighted by Gasteiger charge is 2.12. The molecule has 4 rings (SSSR count). The molecule has 0 N–H and O–H groups in total. The van der Waals surface area contributed by atoms with Crippen molar-refractivity contribution in [2.75, 3.05) is 0 Å². The lowest BCUT2D eigenvalue weighted by Crippen LogP contribution is -2.00. The third-order valence-corrected chi connectivity index (χ3v) is 4.84. The first-order valence-electron chi connectivity index (χ1n) is 8.02. The average Bonchev–Trinajstić information content (AvgIpc) is 2.69. The second-order valence-electron chi connectivity index (χ2n) is 5.69. The number of hydrogen-bond acceptors (Lipinski definition) is 3. The third-order valence-electron chi connectivity index (χ3n) is 3.87. The predicted octanol–water partition coefficient (Wildman–Crippen LogP) is 6.13. The highest BCUT2D eigenvalue weighted by atomic mass is 127. The number of rotatable bonds is 3. The average molecular weight is 470 g/mol. The maximum Gasteiger partial charge on any atom is 0.164 e. The number of halogens is 2. The Bertz CT molecular complexity index is 969. The van der Waals surface area contributed by atoms with Gasteiger partial charge >= 0.3 is 0 Å². The van der Waals surface area contributed by atoms with Crippen LogP contribution in [0.4, 0.5) is 0 Å². The molecule has 4 aromatic rings. The molecule has 26 heavy (non-hydrogen) atoms. The molecule has 0 bridgehead atoms. The van der Waals surface area contributed by atoms with E-state index in [9.17, 15) is 0 Å². The van der Waals surface area contributed by atoms with Gasteiger partial charge in [0.05, 0.1) is 0 Å². The van der Waals surface area contributed by atoms with Crippen molar-refractivity contribution in [3.05, 3.63) is 87.5 Å². The molecule has 0 unspecified atom stereocenters. The number of nitrogens with zero attached hydrogens (tertiary/aromatic N) is 3. The minimum atomic E-state index is 0.629. The fourth-order valence-electron chi connectivity index (χ4n) is 2.55. The zero-order chi connectivity index (χ0) is 17.9. The van der Waals surface area contributed by atoms with Crippen molar-refractivity contribution in [2.24, 2.45) is 0 Å². The van der Waals surface area contributed by atoms with E-state index in [1.165, 1.54) is 3.57 Å². The number of benzene rings is 3. The van der Waals surface area contributed by atoms with Gasteiger partial charge in [-0.2, -0.15) is 0 Å². The summed E-state index contributed by atoms with van der Waals surface area (Å²) in [6.45, 7) is 0. The molecule has 0 spiro atoms. The highest BCUT2D eigenvalue weighted by Crippen LogP contribution is 2.25. The maximum atomic E-state index is 6.01. The highest BCUT2D eigenvalue weighted by molar-refractivity contribution is 14.1. The van der Waals surface area contributed by atoms with Crippen LogP contribution in [0.5, 0.6) is 0 Å². The monoisotopic (exact) mass is 469 g/mol. The normalized spacial score (nSPS) is 10.7. The molecule has 0 amide bonds. The summed E-state index contributed by atoms with van der Waals surface area (Å²) >= 11 is 8.30. The Labute approximate surface area is 170 Å². The Hall–Kier alpha value is -2.31. The van der Waals surface area contributed by atoms with Crippen molar-refractivity contribution < 1.29 is 0 Å². The predicted molar refractivity (Wildman–Crippen MR) is 114 cm³/mol. The summed E-state index contributed by atoms with van der Waals surface area (Å²) in [6, 6.07) is 25.6. The number of aromatic nitrogens is 3. The smallest absolute Gasteiger partial charge is 0.164 e. The lowest BCUT2D eigenvalue weighted by Gasteiger charge is -2.08. The van der Waals surface area contributed by atoms with Gasteiger partial charge in [-0.25, -0.2) is 15.0 Å².